The van der Waals surface area contributed by atoms with Crippen molar-refractivity contribution >= 4 is 5.91 Å². The molecule has 2 aliphatic rings. The monoisotopic (exact) mass is 232 g/mol. The highest BCUT2D eigenvalue weighted by atomic mass is 16.5. The molecule has 4 heteroatoms. The lowest BCUT2D eigenvalue weighted by atomic mass is 9.92. The summed E-state index contributed by atoms with van der Waals surface area (Å²) in [6.45, 7) is 1.43. The van der Waals surface area contributed by atoms with Crippen molar-refractivity contribution in [3.63, 3.8) is 0 Å². The number of amides is 1. The second-order valence-corrected chi connectivity index (χ2v) is 4.77. The van der Waals surface area contributed by atoms with Gasteiger partial charge in [0.15, 0.2) is 0 Å². The van der Waals surface area contributed by atoms with E-state index < -0.39 is 0 Å². The van der Waals surface area contributed by atoms with Gasteiger partial charge in [0.2, 0.25) is 5.91 Å². The molecule has 0 fully saturated rings. The standard InChI is InChI=1S/C13H16N2O2/c16-13(10-4-2-1-3-5-10)15-7-6-12-11(9-15)8-14-17-12/h1-2,8,10H,3-7,9H2. The molecule has 2 heterocycles. The van der Waals surface area contributed by atoms with Crippen molar-refractivity contribution in [3.05, 3.63) is 29.7 Å². The summed E-state index contributed by atoms with van der Waals surface area (Å²) >= 11 is 0. The van der Waals surface area contributed by atoms with E-state index >= 15 is 0 Å². The van der Waals surface area contributed by atoms with Crippen molar-refractivity contribution in [2.24, 2.45) is 5.92 Å². The first-order valence-electron chi connectivity index (χ1n) is 6.21. The average molecular weight is 232 g/mol. The SMILES string of the molecule is O=C(C1CC=CCC1)N1CCc2oncc2C1. The van der Waals surface area contributed by atoms with Crippen LogP contribution in [0.2, 0.25) is 0 Å². The number of hydrogen-bond donors (Lipinski definition) is 0. The molecule has 1 atom stereocenters. The van der Waals surface area contributed by atoms with Crippen molar-refractivity contribution in [1.29, 1.82) is 0 Å². The summed E-state index contributed by atoms with van der Waals surface area (Å²) in [6.07, 6.45) is 9.73. The number of fused-ring (bicyclic) bond motifs is 1. The lowest BCUT2D eigenvalue weighted by Gasteiger charge is -2.30. The Morgan fingerprint density at radius 1 is 1.47 bits per heavy atom. The molecule has 0 aromatic carbocycles. The van der Waals surface area contributed by atoms with Crippen LogP contribution in [0.1, 0.15) is 30.6 Å². The van der Waals surface area contributed by atoms with E-state index in [9.17, 15) is 4.79 Å². The summed E-state index contributed by atoms with van der Waals surface area (Å²) in [4.78, 5) is 14.3. The highest BCUT2D eigenvalue weighted by molar-refractivity contribution is 5.79. The van der Waals surface area contributed by atoms with E-state index in [0.29, 0.717) is 12.5 Å². The zero-order chi connectivity index (χ0) is 11.7. The molecular weight excluding hydrogens is 216 g/mol. The van der Waals surface area contributed by atoms with E-state index in [1.807, 2.05) is 4.90 Å². The fraction of sp³-hybridized carbons (Fsp3) is 0.538. The molecular formula is C13H16N2O2. The number of hydrogen-bond acceptors (Lipinski definition) is 3. The van der Waals surface area contributed by atoms with E-state index in [1.165, 1.54) is 0 Å². The van der Waals surface area contributed by atoms with E-state index in [2.05, 4.69) is 17.3 Å². The fourth-order valence-electron chi connectivity index (χ4n) is 2.60. The van der Waals surface area contributed by atoms with Gasteiger partial charge in [0.05, 0.1) is 12.7 Å². The van der Waals surface area contributed by atoms with Crippen LogP contribution in [0.15, 0.2) is 22.9 Å². The zero-order valence-electron chi connectivity index (χ0n) is 9.76. The predicted octanol–water partition coefficient (Wildman–Crippen LogP) is 1.92. The van der Waals surface area contributed by atoms with Gasteiger partial charge in [-0.15, -0.1) is 0 Å². The van der Waals surface area contributed by atoms with Gasteiger partial charge in [0.1, 0.15) is 5.76 Å². The average Bonchev–Trinajstić information content (AvgIpc) is 2.86. The lowest BCUT2D eigenvalue weighted by Crippen LogP contribution is -2.39. The van der Waals surface area contributed by atoms with Crippen molar-refractivity contribution in [3.8, 4) is 0 Å². The van der Waals surface area contributed by atoms with Crippen molar-refractivity contribution in [2.45, 2.75) is 32.2 Å². The van der Waals surface area contributed by atoms with Crippen LogP contribution in [-0.4, -0.2) is 22.5 Å². The van der Waals surface area contributed by atoms with Gasteiger partial charge in [-0.2, -0.15) is 0 Å². The number of nitrogens with zero attached hydrogens (tertiary/aromatic N) is 2. The topological polar surface area (TPSA) is 46.3 Å². The molecule has 0 saturated carbocycles. The van der Waals surface area contributed by atoms with Crippen LogP contribution >= 0.6 is 0 Å². The first kappa shape index (κ1) is 10.6. The molecule has 1 aliphatic carbocycles. The Kier molecular flexibility index (Phi) is 2.71. The molecule has 90 valence electrons. The van der Waals surface area contributed by atoms with E-state index in [1.54, 1.807) is 6.20 Å². The number of aromatic nitrogens is 1. The third-order valence-electron chi connectivity index (χ3n) is 3.63. The van der Waals surface area contributed by atoms with E-state index in [4.69, 9.17) is 4.52 Å². The summed E-state index contributed by atoms with van der Waals surface area (Å²) in [7, 11) is 0. The molecule has 1 aromatic heterocycles. The Balaban J connectivity index is 1.70. The van der Waals surface area contributed by atoms with Crippen LogP contribution in [0.25, 0.3) is 0 Å². The quantitative estimate of drug-likeness (QED) is 0.695. The van der Waals surface area contributed by atoms with Gasteiger partial charge in [0, 0.05) is 24.4 Å². The lowest BCUT2D eigenvalue weighted by molar-refractivity contribution is -0.136. The highest BCUT2D eigenvalue weighted by Crippen LogP contribution is 2.24. The normalized spacial score (nSPS) is 23.5. The summed E-state index contributed by atoms with van der Waals surface area (Å²) in [5.41, 5.74) is 1.07. The van der Waals surface area contributed by atoms with Gasteiger partial charge in [-0.05, 0) is 19.3 Å². The van der Waals surface area contributed by atoms with Gasteiger partial charge in [-0.1, -0.05) is 17.3 Å². The highest BCUT2D eigenvalue weighted by Gasteiger charge is 2.28. The molecule has 4 nitrogen and oxygen atoms in total. The van der Waals surface area contributed by atoms with Crippen LogP contribution in [0.4, 0.5) is 0 Å². The maximum Gasteiger partial charge on any atom is 0.226 e. The number of allylic oxidation sites excluding steroid dienone is 2. The maximum absolute atomic E-state index is 12.3. The Hall–Kier alpha value is -1.58. The van der Waals surface area contributed by atoms with Crippen molar-refractivity contribution in [1.82, 2.24) is 10.1 Å². The van der Waals surface area contributed by atoms with Gasteiger partial charge >= 0.3 is 0 Å². The number of rotatable bonds is 1. The molecule has 1 amide bonds. The number of carbonyl (C=O) groups excluding carboxylic acids is 1. The molecule has 3 rings (SSSR count). The molecule has 0 spiro atoms. The fourth-order valence-corrected chi connectivity index (χ4v) is 2.60. The largest absolute Gasteiger partial charge is 0.361 e. The predicted molar refractivity (Wildman–Crippen MR) is 62.1 cm³/mol. The summed E-state index contributed by atoms with van der Waals surface area (Å²) in [5.74, 6) is 1.42. The van der Waals surface area contributed by atoms with Crippen LogP contribution in [0.3, 0.4) is 0 Å². The molecule has 1 aromatic rings. The Morgan fingerprint density at radius 2 is 2.41 bits per heavy atom. The number of carbonyl (C=O) groups is 1. The Bertz CT molecular complexity index is 450. The van der Waals surface area contributed by atoms with Crippen LogP contribution in [0.5, 0.6) is 0 Å². The minimum atomic E-state index is 0.182. The molecule has 1 aliphatic heterocycles. The summed E-state index contributed by atoms with van der Waals surface area (Å²) in [5, 5.41) is 3.79. The molecule has 17 heavy (non-hydrogen) atoms. The van der Waals surface area contributed by atoms with Crippen LogP contribution in [-0.2, 0) is 17.8 Å². The zero-order valence-corrected chi connectivity index (χ0v) is 9.76. The van der Waals surface area contributed by atoms with Crippen LogP contribution < -0.4 is 0 Å². The first-order chi connectivity index (χ1) is 8.34. The van der Waals surface area contributed by atoms with E-state index in [-0.39, 0.29) is 5.92 Å². The molecule has 0 radical (unpaired) electrons. The molecule has 0 saturated heterocycles. The smallest absolute Gasteiger partial charge is 0.226 e. The Labute approximate surface area is 100 Å². The minimum absolute atomic E-state index is 0.182. The van der Waals surface area contributed by atoms with E-state index in [0.717, 1.165) is 43.6 Å². The first-order valence-corrected chi connectivity index (χ1v) is 6.21. The van der Waals surface area contributed by atoms with Gasteiger partial charge < -0.3 is 9.42 Å². The summed E-state index contributed by atoms with van der Waals surface area (Å²) < 4.78 is 5.13. The van der Waals surface area contributed by atoms with Crippen LogP contribution in [0, 0.1) is 5.92 Å². The third-order valence-corrected chi connectivity index (χ3v) is 3.63. The minimum Gasteiger partial charge on any atom is -0.361 e. The van der Waals surface area contributed by atoms with Crippen molar-refractivity contribution < 1.29 is 9.32 Å². The second-order valence-electron chi connectivity index (χ2n) is 4.77. The van der Waals surface area contributed by atoms with Gasteiger partial charge in [-0.25, -0.2) is 0 Å². The second kappa shape index (κ2) is 4.35. The van der Waals surface area contributed by atoms with Gasteiger partial charge in [-0.3, -0.25) is 4.79 Å². The Morgan fingerprint density at radius 3 is 3.24 bits per heavy atom. The van der Waals surface area contributed by atoms with Crippen molar-refractivity contribution in [2.75, 3.05) is 6.54 Å². The summed E-state index contributed by atoms with van der Waals surface area (Å²) in [6, 6.07) is 0. The molecule has 1 unspecified atom stereocenters. The maximum atomic E-state index is 12.3. The molecule has 0 bridgehead atoms. The molecule has 0 N–H and O–H groups in total. The third kappa shape index (κ3) is 1.99. The van der Waals surface area contributed by atoms with Gasteiger partial charge in [0.25, 0.3) is 0 Å².